The molecular weight excluding hydrogens is 420 g/mol. The molecular formula is C22H15ClN4O4. The van der Waals surface area contributed by atoms with Crippen LogP contribution in [0.25, 0.3) is 11.0 Å². The van der Waals surface area contributed by atoms with Gasteiger partial charge in [0.2, 0.25) is 5.95 Å². The number of nitrogens with one attached hydrogen (secondary N) is 2. The third kappa shape index (κ3) is 2.84. The minimum absolute atomic E-state index is 0.0532. The van der Waals surface area contributed by atoms with Gasteiger partial charge in [0.25, 0.3) is 5.91 Å². The first-order chi connectivity index (χ1) is 14.9. The number of carboxylic acid groups (broad SMARTS) is 1. The van der Waals surface area contributed by atoms with E-state index in [2.05, 4.69) is 15.3 Å². The maximum absolute atomic E-state index is 13.3. The summed E-state index contributed by atoms with van der Waals surface area (Å²) in [7, 11) is 0. The molecule has 154 valence electrons. The van der Waals surface area contributed by atoms with Crippen LogP contribution in [0, 0.1) is 0 Å². The molecule has 1 aliphatic heterocycles. The number of amides is 2. The predicted octanol–water partition coefficient (Wildman–Crippen LogP) is 4.16. The molecule has 2 heterocycles. The Morgan fingerprint density at radius 1 is 1.10 bits per heavy atom. The highest BCUT2D eigenvalue weighted by Crippen LogP contribution is 2.46. The molecule has 0 radical (unpaired) electrons. The highest BCUT2D eigenvalue weighted by molar-refractivity contribution is 6.34. The molecule has 0 saturated carbocycles. The maximum atomic E-state index is 13.3. The topological polar surface area (TPSA) is 119 Å². The number of hydrogen-bond donors (Lipinski definition) is 4. The van der Waals surface area contributed by atoms with Crippen LogP contribution in [0.2, 0.25) is 5.02 Å². The average molecular weight is 435 g/mol. The molecule has 1 aromatic heterocycles. The molecule has 0 fully saturated rings. The lowest BCUT2D eigenvalue weighted by atomic mass is 9.93. The lowest BCUT2D eigenvalue weighted by Gasteiger charge is -2.35. The summed E-state index contributed by atoms with van der Waals surface area (Å²) in [5, 5.41) is 23.4. The number of para-hydroxylation sites is 1. The Kier molecular flexibility index (Phi) is 4.21. The monoisotopic (exact) mass is 434 g/mol. The van der Waals surface area contributed by atoms with E-state index in [4.69, 9.17) is 16.7 Å². The molecule has 3 aromatic carbocycles. The summed E-state index contributed by atoms with van der Waals surface area (Å²) >= 11 is 6.39. The summed E-state index contributed by atoms with van der Waals surface area (Å²) in [6.07, 6.45) is -1.25. The number of imidazole rings is 1. The molecule has 1 aliphatic rings. The van der Waals surface area contributed by atoms with Gasteiger partial charge in [-0.3, -0.25) is 15.0 Å². The number of anilines is 2. The smallest absolute Gasteiger partial charge is 0.411 e. The van der Waals surface area contributed by atoms with E-state index in [-0.39, 0.29) is 11.9 Å². The zero-order valence-corrected chi connectivity index (χ0v) is 16.6. The molecule has 2 amide bonds. The molecule has 8 nitrogen and oxygen atoms in total. The number of fused-ring (bicyclic) bond motifs is 2. The first kappa shape index (κ1) is 19.1. The van der Waals surface area contributed by atoms with Gasteiger partial charge in [-0.05, 0) is 30.3 Å². The van der Waals surface area contributed by atoms with Crippen LogP contribution in [0.3, 0.4) is 0 Å². The number of rotatable bonds is 3. The summed E-state index contributed by atoms with van der Waals surface area (Å²) in [6.45, 7) is 0. The number of H-pyrrole nitrogens is 1. The van der Waals surface area contributed by atoms with Crippen molar-refractivity contribution in [3.05, 3.63) is 88.4 Å². The Morgan fingerprint density at radius 3 is 2.61 bits per heavy atom. The normalized spacial score (nSPS) is 17.7. The van der Waals surface area contributed by atoms with Crippen molar-refractivity contribution in [2.24, 2.45) is 0 Å². The van der Waals surface area contributed by atoms with Crippen molar-refractivity contribution in [2.45, 2.75) is 5.72 Å². The van der Waals surface area contributed by atoms with Gasteiger partial charge in [-0.2, -0.15) is 0 Å². The molecule has 1 unspecified atom stereocenters. The molecule has 4 aromatic rings. The lowest BCUT2D eigenvalue weighted by Crippen LogP contribution is -2.45. The lowest BCUT2D eigenvalue weighted by molar-refractivity contribution is 0.0704. The number of aliphatic hydroxyl groups is 1. The number of hydrogen-bond acceptors (Lipinski definition) is 4. The quantitative estimate of drug-likeness (QED) is 0.386. The van der Waals surface area contributed by atoms with Gasteiger partial charge in [0.1, 0.15) is 0 Å². The van der Waals surface area contributed by atoms with E-state index in [1.807, 2.05) is 0 Å². The van der Waals surface area contributed by atoms with Gasteiger partial charge in [0, 0.05) is 16.7 Å². The van der Waals surface area contributed by atoms with Crippen LogP contribution in [0.5, 0.6) is 0 Å². The summed E-state index contributed by atoms with van der Waals surface area (Å²) in [4.78, 5) is 32.6. The molecule has 0 saturated heterocycles. The van der Waals surface area contributed by atoms with Crippen molar-refractivity contribution in [1.29, 1.82) is 0 Å². The standard InChI is InChI=1S/C22H15ClN4O4/c23-15-7-3-4-8-18(15)27-19(28)13-5-1-2-6-14(13)22(27,31)12-9-10-16-17(11-12)25-20(24-16)26-21(29)30/h1-11,31H,(H,29,30)(H2,24,25,26). The fraction of sp³-hybridized carbons (Fsp3) is 0.0455. The van der Waals surface area contributed by atoms with Crippen molar-refractivity contribution >= 4 is 46.3 Å². The molecule has 4 N–H and O–H groups in total. The van der Waals surface area contributed by atoms with Gasteiger partial charge in [-0.25, -0.2) is 9.78 Å². The number of nitrogens with zero attached hydrogens (tertiary/aromatic N) is 2. The zero-order valence-electron chi connectivity index (χ0n) is 15.8. The highest BCUT2D eigenvalue weighted by Gasteiger charge is 2.51. The van der Waals surface area contributed by atoms with Gasteiger partial charge in [-0.15, -0.1) is 0 Å². The van der Waals surface area contributed by atoms with Crippen LogP contribution in [0.15, 0.2) is 66.7 Å². The average Bonchev–Trinajstić information content (AvgIpc) is 3.24. The Morgan fingerprint density at radius 2 is 1.84 bits per heavy atom. The van der Waals surface area contributed by atoms with Crippen molar-refractivity contribution in [3.63, 3.8) is 0 Å². The number of carbonyl (C=O) groups excluding carboxylic acids is 1. The van der Waals surface area contributed by atoms with Crippen LogP contribution in [0.4, 0.5) is 16.4 Å². The van der Waals surface area contributed by atoms with E-state index in [0.29, 0.717) is 38.4 Å². The van der Waals surface area contributed by atoms with Crippen LogP contribution in [-0.2, 0) is 5.72 Å². The highest BCUT2D eigenvalue weighted by atomic mass is 35.5. The fourth-order valence-corrected chi connectivity index (χ4v) is 4.17. The minimum Gasteiger partial charge on any atom is -0.465 e. The summed E-state index contributed by atoms with van der Waals surface area (Å²) in [6, 6.07) is 18.5. The SMILES string of the molecule is O=C(O)Nc1nc2cc(C3(O)c4ccccc4C(=O)N3c3ccccc3Cl)ccc2[nH]1. The molecule has 0 spiro atoms. The first-order valence-corrected chi connectivity index (χ1v) is 9.68. The Bertz CT molecular complexity index is 1370. The van der Waals surface area contributed by atoms with E-state index in [9.17, 15) is 14.7 Å². The molecule has 1 atom stereocenters. The second-order valence-corrected chi connectivity index (χ2v) is 7.46. The maximum Gasteiger partial charge on any atom is 0.411 e. The van der Waals surface area contributed by atoms with Gasteiger partial charge in [-0.1, -0.05) is 48.0 Å². The van der Waals surface area contributed by atoms with Crippen molar-refractivity contribution < 1.29 is 19.8 Å². The van der Waals surface area contributed by atoms with Crippen molar-refractivity contribution in [1.82, 2.24) is 9.97 Å². The van der Waals surface area contributed by atoms with Gasteiger partial charge >= 0.3 is 6.09 Å². The number of aromatic nitrogens is 2. The van der Waals surface area contributed by atoms with E-state index in [0.717, 1.165) is 0 Å². The summed E-state index contributed by atoms with van der Waals surface area (Å²) in [5.41, 5.74) is 0.670. The van der Waals surface area contributed by atoms with Gasteiger partial charge in [0.15, 0.2) is 5.72 Å². The molecule has 31 heavy (non-hydrogen) atoms. The number of carbonyl (C=O) groups is 2. The summed E-state index contributed by atoms with van der Waals surface area (Å²) in [5.74, 6) is -0.334. The van der Waals surface area contributed by atoms with Crippen LogP contribution < -0.4 is 10.2 Å². The molecule has 5 rings (SSSR count). The van der Waals surface area contributed by atoms with Crippen LogP contribution in [-0.4, -0.2) is 32.2 Å². The van der Waals surface area contributed by atoms with Crippen molar-refractivity contribution in [3.8, 4) is 0 Å². The number of aromatic amines is 1. The van der Waals surface area contributed by atoms with E-state index in [1.165, 1.54) is 4.90 Å². The largest absolute Gasteiger partial charge is 0.465 e. The van der Waals surface area contributed by atoms with E-state index < -0.39 is 11.8 Å². The van der Waals surface area contributed by atoms with Gasteiger partial charge in [0.05, 0.1) is 21.7 Å². The third-order valence-corrected chi connectivity index (χ3v) is 5.58. The van der Waals surface area contributed by atoms with Crippen LogP contribution >= 0.6 is 11.6 Å². The second kappa shape index (κ2) is 6.83. The number of benzene rings is 3. The Balaban J connectivity index is 1.73. The fourth-order valence-electron chi connectivity index (χ4n) is 3.95. The Hall–Kier alpha value is -3.88. The molecule has 0 aliphatic carbocycles. The first-order valence-electron chi connectivity index (χ1n) is 9.31. The van der Waals surface area contributed by atoms with E-state index in [1.54, 1.807) is 66.7 Å². The third-order valence-electron chi connectivity index (χ3n) is 5.26. The van der Waals surface area contributed by atoms with Crippen LogP contribution in [0.1, 0.15) is 21.5 Å². The zero-order chi connectivity index (χ0) is 21.8. The van der Waals surface area contributed by atoms with Crippen molar-refractivity contribution in [2.75, 3.05) is 10.2 Å². The minimum atomic E-state index is -1.84. The second-order valence-electron chi connectivity index (χ2n) is 7.06. The Labute approximate surface area is 180 Å². The summed E-state index contributed by atoms with van der Waals surface area (Å²) < 4.78 is 0. The predicted molar refractivity (Wildman–Crippen MR) is 115 cm³/mol. The number of halogens is 1. The van der Waals surface area contributed by atoms with E-state index >= 15 is 0 Å². The molecule has 9 heteroatoms. The molecule has 0 bridgehead atoms. The van der Waals surface area contributed by atoms with Gasteiger partial charge < -0.3 is 15.2 Å².